The van der Waals surface area contributed by atoms with Gasteiger partial charge in [0.2, 0.25) is 0 Å². The number of nitrogens with zero attached hydrogens (tertiary/aromatic N) is 3. The van der Waals surface area contributed by atoms with Crippen molar-refractivity contribution in [1.82, 2.24) is 9.97 Å². The van der Waals surface area contributed by atoms with Crippen molar-refractivity contribution >= 4 is 38.3 Å². The van der Waals surface area contributed by atoms with Crippen molar-refractivity contribution < 1.29 is 8.42 Å². The molecule has 22 heavy (non-hydrogen) atoms. The van der Waals surface area contributed by atoms with Crippen LogP contribution < -0.4 is 4.90 Å². The van der Waals surface area contributed by atoms with Gasteiger partial charge in [0, 0.05) is 30.5 Å². The van der Waals surface area contributed by atoms with Crippen LogP contribution in [0.2, 0.25) is 0 Å². The van der Waals surface area contributed by atoms with Gasteiger partial charge in [-0.05, 0) is 29.9 Å². The molecular weight excluding hydrogens is 318 g/mol. The normalized spacial score (nSPS) is 20.1. The number of fused-ring (bicyclic) bond motifs is 1. The van der Waals surface area contributed by atoms with Gasteiger partial charge in [-0.25, -0.2) is 18.4 Å². The average molecular weight is 337 g/mol. The summed E-state index contributed by atoms with van der Waals surface area (Å²) in [6, 6.07) is 5.06. The molecule has 0 saturated carbocycles. The zero-order chi connectivity index (χ0) is 15.7. The number of hydrogen-bond donors (Lipinski definition) is 0. The zero-order valence-corrected chi connectivity index (χ0v) is 14.3. The van der Waals surface area contributed by atoms with Gasteiger partial charge in [-0.3, -0.25) is 0 Å². The Morgan fingerprint density at radius 2 is 2.14 bits per heavy atom. The summed E-state index contributed by atoms with van der Waals surface area (Å²) in [5.74, 6) is 3.62. The van der Waals surface area contributed by atoms with Crippen molar-refractivity contribution in [3.05, 3.63) is 24.5 Å². The Balaban J connectivity index is 2.12. The van der Waals surface area contributed by atoms with Gasteiger partial charge in [0.1, 0.15) is 12.1 Å². The molecule has 3 rings (SSSR count). The Morgan fingerprint density at radius 3 is 2.91 bits per heavy atom. The number of hydrogen-bond acceptors (Lipinski definition) is 6. The van der Waals surface area contributed by atoms with Crippen LogP contribution in [0.5, 0.6) is 0 Å². The Hall–Kier alpha value is -1.34. The summed E-state index contributed by atoms with van der Waals surface area (Å²) >= 11 is 1.95. The molecule has 1 fully saturated rings. The smallest absolute Gasteiger partial charge is 0.175 e. The fraction of sp³-hybridized carbons (Fsp3) is 0.467. The van der Waals surface area contributed by atoms with E-state index in [2.05, 4.69) is 21.8 Å². The van der Waals surface area contributed by atoms with E-state index >= 15 is 0 Å². The molecule has 2 heterocycles. The van der Waals surface area contributed by atoms with Crippen LogP contribution in [0, 0.1) is 5.92 Å². The molecule has 1 aliphatic heterocycles. The first-order valence-electron chi connectivity index (χ1n) is 7.22. The lowest BCUT2D eigenvalue weighted by atomic mass is 10.1. The van der Waals surface area contributed by atoms with Crippen LogP contribution >= 0.6 is 11.8 Å². The SMILES string of the molecule is CC1CSCCN(c2ncnc3ccc(S(C)(=O)=O)cc23)C1. The minimum absolute atomic E-state index is 0.313. The third kappa shape index (κ3) is 3.20. The molecule has 1 aliphatic rings. The van der Waals surface area contributed by atoms with Gasteiger partial charge in [-0.1, -0.05) is 6.92 Å². The van der Waals surface area contributed by atoms with Crippen molar-refractivity contribution in [3.63, 3.8) is 0 Å². The first kappa shape index (κ1) is 15.6. The van der Waals surface area contributed by atoms with E-state index in [4.69, 9.17) is 0 Å². The number of thioether (sulfide) groups is 1. The highest BCUT2D eigenvalue weighted by molar-refractivity contribution is 7.99. The van der Waals surface area contributed by atoms with Crippen molar-refractivity contribution in [2.45, 2.75) is 11.8 Å². The maximum Gasteiger partial charge on any atom is 0.175 e. The van der Waals surface area contributed by atoms with Gasteiger partial charge in [0.15, 0.2) is 9.84 Å². The molecule has 0 radical (unpaired) electrons. The van der Waals surface area contributed by atoms with E-state index in [0.717, 1.165) is 41.3 Å². The Morgan fingerprint density at radius 1 is 1.32 bits per heavy atom. The molecule has 5 nitrogen and oxygen atoms in total. The lowest BCUT2D eigenvalue weighted by Crippen LogP contribution is -2.30. The molecule has 2 aromatic rings. The van der Waals surface area contributed by atoms with Crippen LogP contribution in [0.4, 0.5) is 5.82 Å². The van der Waals surface area contributed by atoms with E-state index in [-0.39, 0.29) is 0 Å². The van der Waals surface area contributed by atoms with Gasteiger partial charge in [0.25, 0.3) is 0 Å². The third-order valence-corrected chi connectivity index (χ3v) is 6.14. The first-order chi connectivity index (χ1) is 10.4. The predicted octanol–water partition coefficient (Wildman–Crippen LogP) is 2.22. The van der Waals surface area contributed by atoms with E-state index in [0.29, 0.717) is 10.8 Å². The highest BCUT2D eigenvalue weighted by Crippen LogP contribution is 2.28. The summed E-state index contributed by atoms with van der Waals surface area (Å²) in [4.78, 5) is 11.3. The van der Waals surface area contributed by atoms with Gasteiger partial charge in [-0.15, -0.1) is 0 Å². The predicted molar refractivity (Wildman–Crippen MR) is 91.3 cm³/mol. The number of anilines is 1. The fourth-order valence-corrected chi connectivity index (χ4v) is 4.35. The second kappa shape index (κ2) is 6.04. The number of sulfone groups is 1. The van der Waals surface area contributed by atoms with Crippen LogP contribution in [-0.4, -0.2) is 49.2 Å². The minimum Gasteiger partial charge on any atom is -0.355 e. The summed E-state index contributed by atoms with van der Waals surface area (Å²) in [6.07, 6.45) is 2.78. The van der Waals surface area contributed by atoms with Gasteiger partial charge < -0.3 is 4.90 Å². The van der Waals surface area contributed by atoms with E-state index in [1.807, 2.05) is 11.8 Å². The number of benzene rings is 1. The maximum absolute atomic E-state index is 11.8. The lowest BCUT2D eigenvalue weighted by molar-refractivity contribution is 0.602. The second-order valence-electron chi connectivity index (χ2n) is 5.77. The van der Waals surface area contributed by atoms with Crippen LogP contribution in [-0.2, 0) is 9.84 Å². The summed E-state index contributed by atoms with van der Waals surface area (Å²) in [5, 5.41) is 0.810. The molecule has 0 amide bonds. The van der Waals surface area contributed by atoms with Crippen LogP contribution in [0.15, 0.2) is 29.4 Å². The number of aromatic nitrogens is 2. The average Bonchev–Trinajstić information content (AvgIpc) is 2.69. The van der Waals surface area contributed by atoms with E-state index in [1.54, 1.807) is 24.5 Å². The van der Waals surface area contributed by atoms with Gasteiger partial charge in [0.05, 0.1) is 10.4 Å². The third-order valence-electron chi connectivity index (χ3n) is 3.75. The molecule has 7 heteroatoms. The standard InChI is InChI=1S/C15H19N3O2S2/c1-11-8-18(5-6-21-9-11)15-13-7-12(22(2,19)20)3-4-14(13)16-10-17-15/h3-4,7,10-11H,5-6,8-9H2,1-2H3. The minimum atomic E-state index is -3.24. The molecule has 1 aromatic heterocycles. The lowest BCUT2D eigenvalue weighted by Gasteiger charge is -2.24. The molecule has 0 N–H and O–H groups in total. The van der Waals surface area contributed by atoms with Crippen molar-refractivity contribution in [3.8, 4) is 0 Å². The van der Waals surface area contributed by atoms with E-state index in [9.17, 15) is 8.42 Å². The van der Waals surface area contributed by atoms with Gasteiger partial charge in [-0.2, -0.15) is 11.8 Å². The van der Waals surface area contributed by atoms with Crippen molar-refractivity contribution in [2.75, 3.05) is 35.8 Å². The Bertz CT molecular complexity index is 792. The van der Waals surface area contributed by atoms with Crippen LogP contribution in [0.25, 0.3) is 10.9 Å². The monoisotopic (exact) mass is 337 g/mol. The number of rotatable bonds is 2. The first-order valence-corrected chi connectivity index (χ1v) is 10.3. The van der Waals surface area contributed by atoms with Gasteiger partial charge >= 0.3 is 0 Å². The Kier molecular flexibility index (Phi) is 4.27. The second-order valence-corrected chi connectivity index (χ2v) is 8.94. The summed E-state index contributed by atoms with van der Waals surface area (Å²) < 4.78 is 23.6. The molecule has 1 aromatic carbocycles. The highest BCUT2D eigenvalue weighted by Gasteiger charge is 2.19. The molecule has 118 valence electrons. The Labute approximate surface area is 135 Å². The zero-order valence-electron chi connectivity index (χ0n) is 12.7. The van der Waals surface area contributed by atoms with E-state index < -0.39 is 9.84 Å². The van der Waals surface area contributed by atoms with E-state index in [1.165, 1.54) is 6.26 Å². The molecule has 1 atom stereocenters. The molecule has 1 unspecified atom stereocenters. The van der Waals surface area contributed by atoms with Crippen molar-refractivity contribution in [1.29, 1.82) is 0 Å². The summed E-state index contributed by atoms with van der Waals surface area (Å²) in [7, 11) is -3.24. The molecular formula is C15H19N3O2S2. The largest absolute Gasteiger partial charge is 0.355 e. The summed E-state index contributed by atoms with van der Waals surface area (Å²) in [6.45, 7) is 4.09. The molecule has 0 spiro atoms. The summed E-state index contributed by atoms with van der Waals surface area (Å²) in [5.41, 5.74) is 0.780. The maximum atomic E-state index is 11.8. The fourth-order valence-electron chi connectivity index (χ4n) is 2.68. The van der Waals surface area contributed by atoms with Crippen LogP contribution in [0.3, 0.4) is 0 Å². The van der Waals surface area contributed by atoms with Crippen molar-refractivity contribution in [2.24, 2.45) is 5.92 Å². The molecule has 0 aliphatic carbocycles. The highest BCUT2D eigenvalue weighted by atomic mass is 32.2. The molecule has 0 bridgehead atoms. The van der Waals surface area contributed by atoms with Crippen LogP contribution in [0.1, 0.15) is 6.92 Å². The quantitative estimate of drug-likeness (QED) is 0.837. The topological polar surface area (TPSA) is 63.2 Å². The molecule has 1 saturated heterocycles.